The predicted molar refractivity (Wildman–Crippen MR) is 90.8 cm³/mol. The number of hydrogen-bond acceptors (Lipinski definition) is 5. The molecule has 19 heavy (non-hydrogen) atoms. The lowest BCUT2D eigenvalue weighted by molar-refractivity contribution is 0.486. The first-order valence-electron chi connectivity index (χ1n) is 7.08. The first kappa shape index (κ1) is 15.7. The van der Waals surface area contributed by atoms with Crippen LogP contribution < -0.4 is 5.32 Å². The highest BCUT2D eigenvalue weighted by atomic mass is 32.2. The maximum absolute atomic E-state index is 4.64. The molecule has 0 spiro atoms. The van der Waals surface area contributed by atoms with Gasteiger partial charge in [0.25, 0.3) is 0 Å². The Morgan fingerprint density at radius 2 is 2.21 bits per heavy atom. The van der Waals surface area contributed by atoms with Gasteiger partial charge in [-0.3, -0.25) is 0 Å². The second-order valence-corrected chi connectivity index (χ2v) is 8.77. The summed E-state index contributed by atoms with van der Waals surface area (Å²) in [7, 11) is 0. The van der Waals surface area contributed by atoms with Gasteiger partial charge in [-0.05, 0) is 19.9 Å². The Morgan fingerprint density at radius 1 is 1.42 bits per heavy atom. The van der Waals surface area contributed by atoms with E-state index in [4.69, 9.17) is 0 Å². The van der Waals surface area contributed by atoms with Crippen molar-refractivity contribution in [2.24, 2.45) is 0 Å². The number of hydrogen-bond donors (Lipinski definition) is 1. The molecule has 0 saturated carbocycles. The van der Waals surface area contributed by atoms with Crippen LogP contribution in [0.2, 0.25) is 0 Å². The Kier molecular flexibility index (Phi) is 6.53. The molecule has 0 bridgehead atoms. The van der Waals surface area contributed by atoms with Crippen molar-refractivity contribution in [1.29, 1.82) is 0 Å². The van der Waals surface area contributed by atoms with Gasteiger partial charge >= 0.3 is 0 Å². The summed E-state index contributed by atoms with van der Waals surface area (Å²) in [5.74, 6) is 2.60. The smallest absolute Gasteiger partial charge is 0.0944 e. The Morgan fingerprint density at radius 3 is 2.84 bits per heavy atom. The van der Waals surface area contributed by atoms with E-state index in [9.17, 15) is 0 Å². The standard InChI is InChI=1S/C14H24N2S3/c1-4-5-15-12(8-13-16-10(2)9-19-13)14-11(3)17-6-7-18-14/h9,11-12,14-15H,4-8H2,1-3H3. The van der Waals surface area contributed by atoms with Gasteiger partial charge in [-0.15, -0.1) is 11.3 Å². The molecule has 2 heterocycles. The molecule has 1 saturated heterocycles. The van der Waals surface area contributed by atoms with E-state index in [1.165, 1.54) is 22.9 Å². The summed E-state index contributed by atoms with van der Waals surface area (Å²) in [6, 6.07) is 0.568. The summed E-state index contributed by atoms with van der Waals surface area (Å²) in [6.07, 6.45) is 2.29. The van der Waals surface area contributed by atoms with Gasteiger partial charge in [-0.25, -0.2) is 4.98 Å². The summed E-state index contributed by atoms with van der Waals surface area (Å²) in [5, 5.41) is 8.67. The molecule has 1 aliphatic rings. The van der Waals surface area contributed by atoms with Crippen LogP contribution in [0.3, 0.4) is 0 Å². The van der Waals surface area contributed by atoms with Crippen molar-refractivity contribution in [3.63, 3.8) is 0 Å². The van der Waals surface area contributed by atoms with Crippen LogP contribution in [-0.4, -0.2) is 39.6 Å². The number of rotatable bonds is 6. The molecule has 5 heteroatoms. The van der Waals surface area contributed by atoms with E-state index in [1.807, 2.05) is 11.3 Å². The highest BCUT2D eigenvalue weighted by Gasteiger charge is 2.30. The third kappa shape index (κ3) is 4.66. The van der Waals surface area contributed by atoms with E-state index in [0.29, 0.717) is 6.04 Å². The normalized spacial score (nSPS) is 25.4. The van der Waals surface area contributed by atoms with Gasteiger partial charge in [-0.1, -0.05) is 13.8 Å². The molecule has 0 aliphatic carbocycles. The molecule has 0 amide bonds. The van der Waals surface area contributed by atoms with Crippen molar-refractivity contribution >= 4 is 34.9 Å². The van der Waals surface area contributed by atoms with Crippen LogP contribution in [0.5, 0.6) is 0 Å². The lowest BCUT2D eigenvalue weighted by Crippen LogP contribution is -2.46. The number of aryl methyl sites for hydroxylation is 1. The minimum atomic E-state index is 0.568. The zero-order valence-electron chi connectivity index (χ0n) is 12.0. The molecule has 0 aromatic carbocycles. The van der Waals surface area contributed by atoms with Gasteiger partial charge in [0.15, 0.2) is 0 Å². The van der Waals surface area contributed by atoms with Crippen molar-refractivity contribution in [2.45, 2.75) is 50.2 Å². The van der Waals surface area contributed by atoms with Gasteiger partial charge in [0.05, 0.1) is 5.01 Å². The number of thioether (sulfide) groups is 2. The van der Waals surface area contributed by atoms with Gasteiger partial charge in [0.1, 0.15) is 0 Å². The van der Waals surface area contributed by atoms with E-state index >= 15 is 0 Å². The van der Waals surface area contributed by atoms with Crippen molar-refractivity contribution in [3.8, 4) is 0 Å². The SMILES string of the molecule is CCCNC(Cc1nc(C)cs1)C1SCCSC1C. The molecule has 3 unspecified atom stereocenters. The average molecular weight is 317 g/mol. The van der Waals surface area contributed by atoms with Crippen molar-refractivity contribution in [2.75, 3.05) is 18.1 Å². The molecule has 1 fully saturated rings. The molecule has 1 aromatic rings. The van der Waals surface area contributed by atoms with Crippen LogP contribution >= 0.6 is 34.9 Å². The molecule has 0 radical (unpaired) electrons. The Balaban J connectivity index is 2.01. The molecule has 1 N–H and O–H groups in total. The van der Waals surface area contributed by atoms with E-state index < -0.39 is 0 Å². The summed E-state index contributed by atoms with van der Waals surface area (Å²) < 4.78 is 0. The van der Waals surface area contributed by atoms with Crippen LogP contribution in [0.1, 0.15) is 31.0 Å². The molecule has 1 aromatic heterocycles. The van der Waals surface area contributed by atoms with E-state index in [0.717, 1.165) is 29.2 Å². The predicted octanol–water partition coefficient (Wildman–Crippen LogP) is 3.60. The lowest BCUT2D eigenvalue weighted by Gasteiger charge is -2.34. The van der Waals surface area contributed by atoms with Crippen LogP contribution in [-0.2, 0) is 6.42 Å². The summed E-state index contributed by atoms with van der Waals surface area (Å²) in [5.41, 5.74) is 1.16. The number of thiazole rings is 1. The Bertz CT molecular complexity index is 381. The Hall–Kier alpha value is 0.290. The zero-order valence-corrected chi connectivity index (χ0v) is 14.5. The summed E-state index contributed by atoms with van der Waals surface area (Å²) in [6.45, 7) is 7.82. The van der Waals surface area contributed by atoms with E-state index in [-0.39, 0.29) is 0 Å². The van der Waals surface area contributed by atoms with Crippen molar-refractivity contribution in [1.82, 2.24) is 10.3 Å². The van der Waals surface area contributed by atoms with Gasteiger partial charge in [-0.2, -0.15) is 23.5 Å². The van der Waals surface area contributed by atoms with E-state index in [2.05, 4.69) is 60.0 Å². The van der Waals surface area contributed by atoms with Crippen LogP contribution in [0, 0.1) is 6.92 Å². The molecule has 3 atom stereocenters. The second kappa shape index (κ2) is 7.91. The minimum Gasteiger partial charge on any atom is -0.312 e. The highest BCUT2D eigenvalue weighted by Crippen LogP contribution is 2.34. The van der Waals surface area contributed by atoms with Crippen molar-refractivity contribution in [3.05, 3.63) is 16.1 Å². The average Bonchev–Trinajstić information content (AvgIpc) is 2.81. The second-order valence-electron chi connectivity index (χ2n) is 5.06. The van der Waals surface area contributed by atoms with Gasteiger partial charge in [0.2, 0.25) is 0 Å². The monoisotopic (exact) mass is 316 g/mol. The first-order valence-corrected chi connectivity index (χ1v) is 10.1. The van der Waals surface area contributed by atoms with Gasteiger partial charge in [0, 0.05) is 45.5 Å². The van der Waals surface area contributed by atoms with Crippen molar-refractivity contribution < 1.29 is 0 Å². The topological polar surface area (TPSA) is 24.9 Å². The molecule has 1 aliphatic heterocycles. The largest absolute Gasteiger partial charge is 0.312 e. The highest BCUT2D eigenvalue weighted by molar-refractivity contribution is 8.07. The quantitative estimate of drug-likeness (QED) is 0.867. The maximum atomic E-state index is 4.64. The minimum absolute atomic E-state index is 0.568. The Labute approximate surface area is 129 Å². The molecule has 2 nitrogen and oxygen atoms in total. The maximum Gasteiger partial charge on any atom is 0.0944 e. The fourth-order valence-corrected chi connectivity index (χ4v) is 6.20. The molecule has 2 rings (SSSR count). The molecular weight excluding hydrogens is 292 g/mol. The number of nitrogens with zero attached hydrogens (tertiary/aromatic N) is 1. The van der Waals surface area contributed by atoms with Gasteiger partial charge < -0.3 is 5.32 Å². The van der Waals surface area contributed by atoms with E-state index in [1.54, 1.807) is 0 Å². The first-order chi connectivity index (χ1) is 9.20. The summed E-state index contributed by atoms with van der Waals surface area (Å²) in [4.78, 5) is 4.64. The van der Waals surface area contributed by atoms with Crippen LogP contribution in [0.15, 0.2) is 5.38 Å². The third-order valence-corrected chi connectivity index (χ3v) is 7.59. The van der Waals surface area contributed by atoms with Crippen LogP contribution in [0.4, 0.5) is 0 Å². The third-order valence-electron chi connectivity index (χ3n) is 3.35. The fraction of sp³-hybridized carbons (Fsp3) is 0.786. The zero-order chi connectivity index (χ0) is 13.7. The number of aromatic nitrogens is 1. The fourth-order valence-electron chi connectivity index (χ4n) is 2.41. The summed E-state index contributed by atoms with van der Waals surface area (Å²) >= 11 is 6.08. The lowest BCUT2D eigenvalue weighted by atomic mass is 10.1. The molecular formula is C14H24N2S3. The number of nitrogens with one attached hydrogen (secondary N) is 1. The van der Waals surface area contributed by atoms with Crippen LogP contribution in [0.25, 0.3) is 0 Å². The molecule has 108 valence electrons.